The average Bonchev–Trinajstić information content (AvgIpc) is 2.06. The van der Waals surface area contributed by atoms with E-state index in [2.05, 4.69) is 5.32 Å². The lowest BCUT2D eigenvalue weighted by Gasteiger charge is -2.07. The van der Waals surface area contributed by atoms with E-state index in [1.807, 2.05) is 0 Å². The van der Waals surface area contributed by atoms with Crippen molar-refractivity contribution >= 4 is 27.1 Å². The quantitative estimate of drug-likeness (QED) is 0.510. The Labute approximate surface area is 93.0 Å². The fourth-order valence-electron chi connectivity index (χ4n) is 1.09. The molecule has 0 aliphatic rings. The highest BCUT2D eigenvalue weighted by Gasteiger charge is 2.12. The van der Waals surface area contributed by atoms with Gasteiger partial charge in [-0.1, -0.05) is 0 Å². The first-order valence-electron chi connectivity index (χ1n) is 4.34. The number of nitrogens with two attached hydrogens (primary N) is 1. The van der Waals surface area contributed by atoms with Crippen molar-refractivity contribution < 1.29 is 18.3 Å². The van der Waals surface area contributed by atoms with E-state index in [1.54, 1.807) is 0 Å². The van der Waals surface area contributed by atoms with Crippen LogP contribution in [-0.4, -0.2) is 31.4 Å². The Morgan fingerprint density at radius 1 is 1.50 bits per heavy atom. The fraction of sp³-hybridized carbons (Fsp3) is 0.222. The highest BCUT2D eigenvalue weighted by Crippen LogP contribution is 2.23. The fourth-order valence-corrected chi connectivity index (χ4v) is 1.64. The van der Waals surface area contributed by atoms with E-state index >= 15 is 0 Å². The van der Waals surface area contributed by atoms with Crippen molar-refractivity contribution in [1.82, 2.24) is 0 Å². The third-order valence-corrected chi connectivity index (χ3v) is 2.49. The summed E-state index contributed by atoms with van der Waals surface area (Å²) in [7, 11) is -3.37. The summed E-state index contributed by atoms with van der Waals surface area (Å²) in [5, 5.41) is 11.4. The number of hydrogen-bond donors (Lipinski definition) is 3. The van der Waals surface area contributed by atoms with Crippen LogP contribution in [0.15, 0.2) is 18.2 Å². The number of aromatic hydroxyl groups is 1. The smallest absolute Gasteiger partial charge is 0.239 e. The molecule has 0 aliphatic heterocycles. The zero-order valence-electron chi connectivity index (χ0n) is 8.60. The number of carbonyl (C=O) groups excluding carboxylic acids is 1. The van der Waals surface area contributed by atoms with Gasteiger partial charge in [0.1, 0.15) is 11.5 Å². The van der Waals surface area contributed by atoms with Crippen LogP contribution in [0.3, 0.4) is 0 Å². The van der Waals surface area contributed by atoms with Gasteiger partial charge in [0.05, 0.1) is 11.4 Å². The lowest BCUT2D eigenvalue weighted by Crippen LogP contribution is -2.22. The molecule has 1 rings (SSSR count). The molecule has 1 aromatic carbocycles. The van der Waals surface area contributed by atoms with Crippen molar-refractivity contribution in [1.29, 1.82) is 0 Å². The van der Waals surface area contributed by atoms with E-state index in [0.717, 1.165) is 6.26 Å². The summed E-state index contributed by atoms with van der Waals surface area (Å²) < 4.78 is 21.7. The first kappa shape index (κ1) is 12.3. The molecule has 0 spiro atoms. The standard InChI is InChI=1S/C9H12N2O4S/c1-16(14,15)5-9(13)11-8-3-2-6(12)4-7(8)10/h2-4,12H,5,10H2,1H3,(H,11,13). The molecule has 0 unspecified atom stereocenters. The predicted molar refractivity (Wildman–Crippen MR) is 60.9 cm³/mol. The number of nitrogens with one attached hydrogen (secondary N) is 1. The van der Waals surface area contributed by atoms with E-state index in [1.165, 1.54) is 18.2 Å². The highest BCUT2D eigenvalue weighted by atomic mass is 32.2. The van der Waals surface area contributed by atoms with Gasteiger partial charge in [-0.25, -0.2) is 8.42 Å². The number of carbonyl (C=O) groups is 1. The van der Waals surface area contributed by atoms with E-state index in [9.17, 15) is 13.2 Å². The van der Waals surface area contributed by atoms with Crippen molar-refractivity contribution in [2.75, 3.05) is 23.1 Å². The van der Waals surface area contributed by atoms with Gasteiger partial charge < -0.3 is 16.2 Å². The second-order valence-electron chi connectivity index (χ2n) is 3.39. The van der Waals surface area contributed by atoms with Gasteiger partial charge in [0.15, 0.2) is 9.84 Å². The monoisotopic (exact) mass is 244 g/mol. The number of sulfone groups is 1. The maximum atomic E-state index is 11.3. The molecule has 0 atom stereocenters. The maximum absolute atomic E-state index is 11.3. The zero-order valence-corrected chi connectivity index (χ0v) is 9.41. The van der Waals surface area contributed by atoms with Crippen LogP contribution in [0.5, 0.6) is 5.75 Å². The van der Waals surface area contributed by atoms with Crippen LogP contribution >= 0.6 is 0 Å². The molecule has 0 radical (unpaired) electrons. The van der Waals surface area contributed by atoms with Crippen molar-refractivity contribution in [2.24, 2.45) is 0 Å². The van der Waals surface area contributed by atoms with Gasteiger partial charge in [-0.3, -0.25) is 4.79 Å². The molecule has 0 saturated heterocycles. The Bertz CT molecular complexity index is 510. The number of rotatable bonds is 3. The van der Waals surface area contributed by atoms with Gasteiger partial charge in [0.2, 0.25) is 5.91 Å². The van der Waals surface area contributed by atoms with Gasteiger partial charge in [-0.05, 0) is 12.1 Å². The molecule has 0 saturated carbocycles. The van der Waals surface area contributed by atoms with Crippen LogP contribution in [0.2, 0.25) is 0 Å². The lowest BCUT2D eigenvalue weighted by atomic mass is 10.2. The summed E-state index contributed by atoms with van der Waals surface area (Å²) in [4.78, 5) is 11.3. The molecular weight excluding hydrogens is 232 g/mol. The molecule has 4 N–H and O–H groups in total. The summed E-state index contributed by atoms with van der Waals surface area (Å²) in [5.74, 6) is -1.30. The van der Waals surface area contributed by atoms with Crippen LogP contribution in [0.25, 0.3) is 0 Å². The third kappa shape index (κ3) is 3.77. The molecule has 0 bridgehead atoms. The first-order chi connectivity index (χ1) is 7.28. The molecule has 1 aromatic rings. The summed E-state index contributed by atoms with van der Waals surface area (Å²) >= 11 is 0. The SMILES string of the molecule is CS(=O)(=O)CC(=O)Nc1ccc(O)cc1N. The molecule has 0 fully saturated rings. The maximum Gasteiger partial charge on any atom is 0.239 e. The summed E-state index contributed by atoms with van der Waals surface area (Å²) in [6.45, 7) is 0. The summed E-state index contributed by atoms with van der Waals surface area (Å²) in [5.41, 5.74) is 5.95. The van der Waals surface area contributed by atoms with Gasteiger partial charge in [0.25, 0.3) is 0 Å². The number of nitrogen functional groups attached to an aromatic ring is 1. The molecule has 16 heavy (non-hydrogen) atoms. The van der Waals surface area contributed by atoms with E-state index in [4.69, 9.17) is 10.8 Å². The minimum atomic E-state index is -3.37. The minimum absolute atomic E-state index is 0.0291. The van der Waals surface area contributed by atoms with Gasteiger partial charge in [-0.2, -0.15) is 0 Å². The normalized spacial score (nSPS) is 11.1. The van der Waals surface area contributed by atoms with Gasteiger partial charge in [-0.15, -0.1) is 0 Å². The number of benzene rings is 1. The van der Waals surface area contributed by atoms with Crippen LogP contribution in [0.4, 0.5) is 11.4 Å². The van der Waals surface area contributed by atoms with Crippen LogP contribution < -0.4 is 11.1 Å². The van der Waals surface area contributed by atoms with Crippen molar-refractivity contribution in [3.63, 3.8) is 0 Å². The highest BCUT2D eigenvalue weighted by molar-refractivity contribution is 7.91. The summed E-state index contributed by atoms with van der Waals surface area (Å²) in [6.07, 6.45) is 0.965. The second-order valence-corrected chi connectivity index (χ2v) is 5.53. The molecule has 6 nitrogen and oxygen atoms in total. The van der Waals surface area contributed by atoms with Crippen LogP contribution in [0, 0.1) is 0 Å². The molecule has 0 aliphatic carbocycles. The molecule has 7 heteroatoms. The first-order valence-corrected chi connectivity index (χ1v) is 6.40. The number of amides is 1. The zero-order chi connectivity index (χ0) is 12.3. The molecule has 0 aromatic heterocycles. The summed E-state index contributed by atoms with van der Waals surface area (Å²) in [6, 6.07) is 3.99. The lowest BCUT2D eigenvalue weighted by molar-refractivity contribution is -0.113. The van der Waals surface area contributed by atoms with E-state index in [0.29, 0.717) is 0 Å². The van der Waals surface area contributed by atoms with Crippen molar-refractivity contribution in [3.05, 3.63) is 18.2 Å². The second kappa shape index (κ2) is 4.40. The van der Waals surface area contributed by atoms with E-state index < -0.39 is 21.5 Å². The number of phenolic OH excluding ortho intramolecular Hbond substituents is 1. The number of phenols is 1. The third-order valence-electron chi connectivity index (χ3n) is 1.70. The Hall–Kier alpha value is -1.76. The van der Waals surface area contributed by atoms with Crippen LogP contribution in [-0.2, 0) is 14.6 Å². The molecule has 88 valence electrons. The van der Waals surface area contributed by atoms with Crippen LogP contribution in [0.1, 0.15) is 0 Å². The van der Waals surface area contributed by atoms with E-state index in [-0.39, 0.29) is 17.1 Å². The Balaban J connectivity index is 2.78. The molecule has 0 heterocycles. The van der Waals surface area contributed by atoms with Crippen molar-refractivity contribution in [2.45, 2.75) is 0 Å². The molecule has 1 amide bonds. The Morgan fingerprint density at radius 3 is 2.62 bits per heavy atom. The largest absolute Gasteiger partial charge is 0.508 e. The van der Waals surface area contributed by atoms with Gasteiger partial charge in [0, 0.05) is 12.3 Å². The predicted octanol–water partition coefficient (Wildman–Crippen LogP) is -0.0425. The Morgan fingerprint density at radius 2 is 2.12 bits per heavy atom. The number of anilines is 2. The number of hydrogen-bond acceptors (Lipinski definition) is 5. The Kier molecular flexibility index (Phi) is 3.38. The van der Waals surface area contributed by atoms with Gasteiger partial charge >= 0.3 is 0 Å². The molecular formula is C9H12N2O4S. The average molecular weight is 244 g/mol. The minimum Gasteiger partial charge on any atom is -0.508 e. The van der Waals surface area contributed by atoms with Crippen molar-refractivity contribution in [3.8, 4) is 5.75 Å². The topological polar surface area (TPSA) is 109 Å².